The molecule has 3 aromatic heterocycles. The molecule has 0 spiro atoms. The van der Waals surface area contributed by atoms with Gasteiger partial charge < -0.3 is 4.74 Å². The second kappa shape index (κ2) is 6.52. The molecule has 1 N–H and O–H groups in total. The van der Waals surface area contributed by atoms with Crippen molar-refractivity contribution in [2.75, 3.05) is 20.2 Å². The maximum absolute atomic E-state index is 5.01. The predicted molar refractivity (Wildman–Crippen MR) is 89.7 cm³/mol. The monoisotopic (exact) mass is 324 g/mol. The lowest BCUT2D eigenvalue weighted by Gasteiger charge is -2.32. The highest BCUT2D eigenvalue weighted by Crippen LogP contribution is 2.27. The number of H-pyrrole nitrogens is 1. The molecule has 24 heavy (non-hydrogen) atoms. The van der Waals surface area contributed by atoms with Gasteiger partial charge in [0.2, 0.25) is 0 Å². The number of aromatic nitrogens is 5. The molecule has 3 aromatic rings. The van der Waals surface area contributed by atoms with Gasteiger partial charge >= 0.3 is 6.01 Å². The number of pyridine rings is 1. The second-order valence-corrected chi connectivity index (χ2v) is 6.20. The van der Waals surface area contributed by atoms with E-state index < -0.39 is 0 Å². The summed E-state index contributed by atoms with van der Waals surface area (Å²) in [7, 11) is 1.58. The van der Waals surface area contributed by atoms with E-state index in [1.54, 1.807) is 7.11 Å². The van der Waals surface area contributed by atoms with Crippen molar-refractivity contribution in [1.29, 1.82) is 0 Å². The molecule has 0 radical (unpaired) electrons. The number of ether oxygens (including phenoxy) is 1. The Morgan fingerprint density at radius 1 is 1.25 bits per heavy atom. The lowest BCUT2D eigenvalue weighted by molar-refractivity contribution is 0.198. The number of nitrogens with one attached hydrogen (secondary N) is 1. The fourth-order valence-electron chi connectivity index (χ4n) is 3.30. The highest BCUT2D eigenvalue weighted by Gasteiger charge is 2.23. The number of fused-ring (bicyclic) bond motifs is 1. The zero-order valence-corrected chi connectivity index (χ0v) is 13.6. The van der Waals surface area contributed by atoms with Crippen molar-refractivity contribution in [2.45, 2.75) is 25.3 Å². The van der Waals surface area contributed by atoms with Gasteiger partial charge in [-0.25, -0.2) is 15.0 Å². The molecule has 1 saturated heterocycles. The van der Waals surface area contributed by atoms with Crippen LogP contribution in [0.5, 0.6) is 6.01 Å². The van der Waals surface area contributed by atoms with Crippen molar-refractivity contribution >= 4 is 11.0 Å². The molecular weight excluding hydrogens is 304 g/mol. The standard InChI is InChI=1S/C17H20N6O/c1-24-17-18-7-12(8-19-17)10-23-6-2-3-14(11-23)15-5-4-13-9-20-22-16(13)21-15/h4-5,7-9,14H,2-3,6,10-11H2,1H3,(H,20,21,22)/t14-/m1/s1. The number of hydrogen-bond acceptors (Lipinski definition) is 6. The van der Waals surface area contributed by atoms with E-state index in [2.05, 4.69) is 37.2 Å². The van der Waals surface area contributed by atoms with Crippen molar-refractivity contribution in [3.8, 4) is 6.01 Å². The second-order valence-electron chi connectivity index (χ2n) is 6.20. The van der Waals surface area contributed by atoms with Crippen molar-refractivity contribution in [3.05, 3.63) is 42.0 Å². The molecule has 1 fully saturated rings. The van der Waals surface area contributed by atoms with Crippen molar-refractivity contribution < 1.29 is 4.74 Å². The van der Waals surface area contributed by atoms with Gasteiger partial charge in [-0.3, -0.25) is 10.00 Å². The highest BCUT2D eigenvalue weighted by atomic mass is 16.5. The third-order valence-electron chi connectivity index (χ3n) is 4.52. The molecule has 4 rings (SSSR count). The van der Waals surface area contributed by atoms with E-state index in [0.717, 1.165) is 41.9 Å². The molecule has 0 bridgehead atoms. The van der Waals surface area contributed by atoms with Crippen LogP contribution in [0.15, 0.2) is 30.7 Å². The Morgan fingerprint density at radius 3 is 2.96 bits per heavy atom. The average molecular weight is 324 g/mol. The van der Waals surface area contributed by atoms with E-state index in [1.807, 2.05) is 18.6 Å². The van der Waals surface area contributed by atoms with Crippen LogP contribution in [-0.2, 0) is 6.54 Å². The fourth-order valence-corrected chi connectivity index (χ4v) is 3.30. The van der Waals surface area contributed by atoms with Crippen LogP contribution in [0.4, 0.5) is 0 Å². The minimum absolute atomic E-state index is 0.410. The molecule has 0 saturated carbocycles. The summed E-state index contributed by atoms with van der Waals surface area (Å²) in [5.74, 6) is 0.450. The molecule has 0 aromatic carbocycles. The number of aromatic amines is 1. The maximum atomic E-state index is 5.01. The van der Waals surface area contributed by atoms with Gasteiger partial charge in [-0.05, 0) is 31.5 Å². The Balaban J connectivity index is 1.46. The maximum Gasteiger partial charge on any atom is 0.316 e. The summed E-state index contributed by atoms with van der Waals surface area (Å²) in [4.78, 5) is 15.5. The van der Waals surface area contributed by atoms with Crippen LogP contribution >= 0.6 is 0 Å². The topological polar surface area (TPSA) is 79.8 Å². The van der Waals surface area contributed by atoms with Gasteiger partial charge in [0.25, 0.3) is 0 Å². The summed E-state index contributed by atoms with van der Waals surface area (Å²) in [6.45, 7) is 2.94. The number of nitrogens with zero attached hydrogens (tertiary/aromatic N) is 5. The fraction of sp³-hybridized carbons (Fsp3) is 0.412. The Morgan fingerprint density at radius 2 is 2.12 bits per heavy atom. The third kappa shape index (κ3) is 3.07. The van der Waals surface area contributed by atoms with Crippen LogP contribution in [0.25, 0.3) is 11.0 Å². The summed E-state index contributed by atoms with van der Waals surface area (Å²) in [6, 6.07) is 4.63. The van der Waals surface area contributed by atoms with Gasteiger partial charge in [-0.1, -0.05) is 0 Å². The first kappa shape index (κ1) is 15.0. The number of likely N-dealkylation sites (tertiary alicyclic amines) is 1. The van der Waals surface area contributed by atoms with Gasteiger partial charge in [-0.15, -0.1) is 0 Å². The van der Waals surface area contributed by atoms with Gasteiger partial charge in [-0.2, -0.15) is 5.10 Å². The molecule has 0 amide bonds. The lowest BCUT2D eigenvalue weighted by Crippen LogP contribution is -2.34. The molecule has 1 aliphatic rings. The van der Waals surface area contributed by atoms with E-state index >= 15 is 0 Å². The molecule has 1 atom stereocenters. The van der Waals surface area contributed by atoms with E-state index in [9.17, 15) is 0 Å². The van der Waals surface area contributed by atoms with Crippen LogP contribution in [0.2, 0.25) is 0 Å². The van der Waals surface area contributed by atoms with Crippen LogP contribution < -0.4 is 4.74 Å². The molecule has 4 heterocycles. The van der Waals surface area contributed by atoms with Crippen LogP contribution in [0.3, 0.4) is 0 Å². The third-order valence-corrected chi connectivity index (χ3v) is 4.52. The van der Waals surface area contributed by atoms with Crippen LogP contribution in [-0.4, -0.2) is 50.2 Å². The molecule has 7 heteroatoms. The van der Waals surface area contributed by atoms with E-state index in [4.69, 9.17) is 9.72 Å². The minimum Gasteiger partial charge on any atom is -0.467 e. The van der Waals surface area contributed by atoms with E-state index in [0.29, 0.717) is 11.9 Å². The SMILES string of the molecule is COc1ncc(CN2CCC[C@@H](c3ccc4cn[nH]c4n3)C2)cn1. The lowest BCUT2D eigenvalue weighted by atomic mass is 9.94. The molecule has 7 nitrogen and oxygen atoms in total. The molecule has 1 aliphatic heterocycles. The zero-order chi connectivity index (χ0) is 16.4. The largest absolute Gasteiger partial charge is 0.467 e. The summed E-state index contributed by atoms with van der Waals surface area (Å²) in [5.41, 5.74) is 3.11. The Bertz CT molecular complexity index is 815. The van der Waals surface area contributed by atoms with Crippen molar-refractivity contribution in [1.82, 2.24) is 30.0 Å². The van der Waals surface area contributed by atoms with E-state index in [1.165, 1.54) is 12.8 Å². The van der Waals surface area contributed by atoms with Crippen LogP contribution in [0.1, 0.15) is 30.0 Å². The first-order chi connectivity index (χ1) is 11.8. The van der Waals surface area contributed by atoms with Crippen molar-refractivity contribution in [3.63, 3.8) is 0 Å². The number of piperidine rings is 1. The summed E-state index contributed by atoms with van der Waals surface area (Å²) >= 11 is 0. The average Bonchev–Trinajstić information content (AvgIpc) is 3.10. The Hall–Kier alpha value is -2.54. The van der Waals surface area contributed by atoms with E-state index in [-0.39, 0.29) is 0 Å². The molecule has 0 unspecified atom stereocenters. The minimum atomic E-state index is 0.410. The summed E-state index contributed by atoms with van der Waals surface area (Å²) in [6.07, 6.45) is 7.82. The molecular formula is C17H20N6O. The number of methoxy groups -OCH3 is 1. The highest BCUT2D eigenvalue weighted by molar-refractivity contribution is 5.73. The summed E-state index contributed by atoms with van der Waals surface area (Å²) in [5, 5.41) is 8.07. The van der Waals surface area contributed by atoms with Crippen LogP contribution in [0, 0.1) is 0 Å². The van der Waals surface area contributed by atoms with Crippen molar-refractivity contribution in [2.24, 2.45) is 0 Å². The number of hydrogen-bond donors (Lipinski definition) is 1. The predicted octanol–water partition coefficient (Wildman–Crippen LogP) is 2.14. The summed E-state index contributed by atoms with van der Waals surface area (Å²) < 4.78 is 5.01. The zero-order valence-electron chi connectivity index (χ0n) is 13.6. The quantitative estimate of drug-likeness (QED) is 0.792. The van der Waals surface area contributed by atoms with Gasteiger partial charge in [0.1, 0.15) is 0 Å². The Labute approximate surface area is 140 Å². The molecule has 0 aliphatic carbocycles. The number of rotatable bonds is 4. The van der Waals surface area contributed by atoms with Gasteiger partial charge in [0.05, 0.1) is 13.3 Å². The normalized spacial score (nSPS) is 18.8. The van der Waals surface area contributed by atoms with Gasteiger partial charge in [0, 0.05) is 48.0 Å². The Kier molecular flexibility index (Phi) is 4.08. The molecule has 124 valence electrons. The first-order valence-electron chi connectivity index (χ1n) is 8.19. The first-order valence-corrected chi connectivity index (χ1v) is 8.19. The van der Waals surface area contributed by atoms with Gasteiger partial charge in [0.15, 0.2) is 5.65 Å². The smallest absolute Gasteiger partial charge is 0.316 e.